The van der Waals surface area contributed by atoms with Crippen LogP contribution in [-0.2, 0) is 20.6 Å². The van der Waals surface area contributed by atoms with E-state index in [4.69, 9.17) is 4.74 Å². The average molecular weight is 625 g/mol. The molecular weight excluding hydrogens is 581 g/mol. The van der Waals surface area contributed by atoms with Crippen LogP contribution in [0, 0.1) is 0 Å². The molecule has 0 aliphatic carbocycles. The number of sulfone groups is 1. The number of pyridine rings is 1. The van der Waals surface area contributed by atoms with Crippen molar-refractivity contribution in [2.45, 2.75) is 78.6 Å². The summed E-state index contributed by atoms with van der Waals surface area (Å²) in [7, 11) is -5.08. The number of benzene rings is 2. The van der Waals surface area contributed by atoms with E-state index in [-0.39, 0.29) is 9.79 Å². The second-order valence-corrected chi connectivity index (χ2v) is 15.4. The van der Waals surface area contributed by atoms with Crippen LogP contribution in [0.25, 0.3) is 10.9 Å². The van der Waals surface area contributed by atoms with Gasteiger partial charge < -0.3 is 19.4 Å². The van der Waals surface area contributed by atoms with Gasteiger partial charge in [-0.15, -0.1) is 0 Å². The normalized spacial score (nSPS) is 20.8. The van der Waals surface area contributed by atoms with Gasteiger partial charge in [-0.1, -0.05) is 6.42 Å². The molecule has 232 valence electrons. The van der Waals surface area contributed by atoms with Crippen LogP contribution in [0.2, 0.25) is 0 Å². The molecule has 0 unspecified atom stereocenters. The third-order valence-corrected chi connectivity index (χ3v) is 12.2. The molecule has 8 nitrogen and oxygen atoms in total. The number of hydrogen-bond acceptors (Lipinski definition) is 8. The van der Waals surface area contributed by atoms with E-state index in [0.29, 0.717) is 34.5 Å². The Hall–Kier alpha value is -2.53. The number of ether oxygens (including phenoxy) is 1. The summed E-state index contributed by atoms with van der Waals surface area (Å²) >= 11 is 0. The highest BCUT2D eigenvalue weighted by molar-refractivity contribution is 7.91. The number of piperidine rings is 3. The molecule has 3 saturated heterocycles. The standard InChI is InChI=1S/C33H44N4O4S2/c1-3-41-27-7-10-29(11-8-27)43(39,40)32-24-34-31-12-9-28(42(2)38)23-30(31)33(32)37-21-15-26(16-22-37)36-19-13-25(14-20-36)35-17-5-4-6-18-35/h7-12,23-26H,3-6,13-22H2,1-2H3/t42-/m1/s1. The first-order valence-corrected chi connectivity index (χ1v) is 18.9. The molecule has 0 spiro atoms. The molecule has 1 aromatic heterocycles. The lowest BCUT2D eigenvalue weighted by atomic mass is 9.95. The zero-order chi connectivity index (χ0) is 30.0. The number of fused-ring (bicyclic) bond motifs is 1. The molecule has 0 bridgehead atoms. The van der Waals surface area contributed by atoms with Crippen molar-refractivity contribution in [3.05, 3.63) is 48.7 Å². The van der Waals surface area contributed by atoms with Crippen LogP contribution in [0.15, 0.2) is 63.3 Å². The highest BCUT2D eigenvalue weighted by atomic mass is 32.2. The van der Waals surface area contributed by atoms with E-state index in [1.807, 2.05) is 25.1 Å². The Balaban J connectivity index is 1.26. The molecule has 1 atom stereocenters. The first-order chi connectivity index (χ1) is 20.8. The molecule has 3 aromatic rings. The van der Waals surface area contributed by atoms with Crippen LogP contribution in [0.1, 0.15) is 51.9 Å². The summed E-state index contributed by atoms with van der Waals surface area (Å²) in [6.07, 6.45) is 11.7. The second kappa shape index (κ2) is 13.2. The Morgan fingerprint density at radius 2 is 1.49 bits per heavy atom. The number of anilines is 1. The van der Waals surface area contributed by atoms with Gasteiger partial charge in [0, 0.05) is 58.7 Å². The lowest BCUT2D eigenvalue weighted by molar-refractivity contribution is 0.0654. The van der Waals surface area contributed by atoms with Gasteiger partial charge in [0.15, 0.2) is 0 Å². The van der Waals surface area contributed by atoms with E-state index >= 15 is 0 Å². The van der Waals surface area contributed by atoms with Crippen molar-refractivity contribution in [3.8, 4) is 5.75 Å². The SMILES string of the molecule is CCOc1ccc(S(=O)(=O)c2cnc3ccc([S@@](C)=O)cc3c2N2CCC(N3CCC(N4CCCCC4)CC3)CC2)cc1. The summed E-state index contributed by atoms with van der Waals surface area (Å²) in [5.74, 6) is 0.635. The van der Waals surface area contributed by atoms with Gasteiger partial charge in [0.05, 0.1) is 22.7 Å². The lowest BCUT2D eigenvalue weighted by Crippen LogP contribution is -2.52. The fourth-order valence-electron chi connectivity index (χ4n) is 7.20. The summed E-state index contributed by atoms with van der Waals surface area (Å²) in [4.78, 5) is 13.3. The van der Waals surface area contributed by atoms with E-state index in [2.05, 4.69) is 19.7 Å². The smallest absolute Gasteiger partial charge is 0.210 e. The number of nitrogens with zero attached hydrogens (tertiary/aromatic N) is 4. The predicted octanol–water partition coefficient (Wildman–Crippen LogP) is 5.12. The largest absolute Gasteiger partial charge is 0.494 e. The molecule has 0 amide bonds. The van der Waals surface area contributed by atoms with Gasteiger partial charge in [-0.05, 0) is 114 Å². The first kappa shape index (κ1) is 30.5. The van der Waals surface area contributed by atoms with Crippen molar-refractivity contribution < 1.29 is 17.4 Å². The molecule has 3 aliphatic heterocycles. The minimum absolute atomic E-state index is 0.198. The van der Waals surface area contributed by atoms with Gasteiger partial charge >= 0.3 is 0 Å². The Kier molecular flexibility index (Phi) is 9.38. The minimum atomic E-state index is -3.88. The predicted molar refractivity (Wildman–Crippen MR) is 172 cm³/mol. The fraction of sp³-hybridized carbons (Fsp3) is 0.545. The van der Waals surface area contributed by atoms with Crippen molar-refractivity contribution in [1.82, 2.24) is 14.8 Å². The summed E-state index contributed by atoms with van der Waals surface area (Å²) in [5, 5.41) is 0.737. The van der Waals surface area contributed by atoms with E-state index in [0.717, 1.165) is 50.4 Å². The summed E-state index contributed by atoms with van der Waals surface area (Å²) < 4.78 is 46.2. The minimum Gasteiger partial charge on any atom is -0.494 e. The van der Waals surface area contributed by atoms with E-state index in [9.17, 15) is 12.6 Å². The molecule has 3 aliphatic rings. The molecule has 0 radical (unpaired) electrons. The zero-order valence-electron chi connectivity index (χ0n) is 25.4. The van der Waals surface area contributed by atoms with Crippen LogP contribution < -0.4 is 9.64 Å². The van der Waals surface area contributed by atoms with Crippen molar-refractivity contribution in [2.75, 3.05) is 57.0 Å². The monoisotopic (exact) mass is 624 g/mol. The van der Waals surface area contributed by atoms with Crippen LogP contribution in [-0.4, -0.2) is 91.6 Å². The number of hydrogen-bond donors (Lipinski definition) is 0. The number of aromatic nitrogens is 1. The molecule has 0 saturated carbocycles. The highest BCUT2D eigenvalue weighted by Crippen LogP contribution is 2.39. The van der Waals surface area contributed by atoms with Gasteiger partial charge in [-0.25, -0.2) is 8.42 Å². The lowest BCUT2D eigenvalue weighted by Gasteiger charge is -2.45. The Bertz CT molecular complexity index is 1540. The fourth-order valence-corrected chi connectivity index (χ4v) is 9.18. The molecular formula is C33H44N4O4S2. The maximum atomic E-state index is 14.1. The summed E-state index contributed by atoms with van der Waals surface area (Å²) in [5.41, 5.74) is 1.38. The van der Waals surface area contributed by atoms with E-state index in [1.54, 1.807) is 30.5 Å². The molecule has 4 heterocycles. The molecule has 10 heteroatoms. The maximum Gasteiger partial charge on any atom is 0.210 e. The Labute approximate surface area is 258 Å². The van der Waals surface area contributed by atoms with Gasteiger partial charge in [-0.3, -0.25) is 9.19 Å². The second-order valence-electron chi connectivity index (χ2n) is 12.1. The van der Waals surface area contributed by atoms with Crippen molar-refractivity contribution in [2.24, 2.45) is 0 Å². The van der Waals surface area contributed by atoms with Crippen LogP contribution in [0.4, 0.5) is 5.69 Å². The molecule has 6 rings (SSSR count). The molecule has 0 N–H and O–H groups in total. The maximum absolute atomic E-state index is 14.1. The first-order valence-electron chi connectivity index (χ1n) is 15.8. The van der Waals surface area contributed by atoms with Crippen LogP contribution in [0.5, 0.6) is 5.75 Å². The van der Waals surface area contributed by atoms with E-state index < -0.39 is 20.6 Å². The van der Waals surface area contributed by atoms with E-state index in [1.165, 1.54) is 51.4 Å². The average Bonchev–Trinajstić information content (AvgIpc) is 3.05. The van der Waals surface area contributed by atoms with Crippen molar-refractivity contribution >= 4 is 37.2 Å². The number of likely N-dealkylation sites (tertiary alicyclic amines) is 2. The Morgan fingerprint density at radius 1 is 0.860 bits per heavy atom. The van der Waals surface area contributed by atoms with Gasteiger partial charge in [0.1, 0.15) is 10.6 Å². The highest BCUT2D eigenvalue weighted by Gasteiger charge is 2.33. The van der Waals surface area contributed by atoms with Crippen molar-refractivity contribution in [1.29, 1.82) is 0 Å². The summed E-state index contributed by atoms with van der Waals surface area (Å²) in [6, 6.07) is 13.4. The number of rotatable bonds is 8. The third kappa shape index (κ3) is 6.48. The van der Waals surface area contributed by atoms with Crippen LogP contribution in [0.3, 0.4) is 0 Å². The molecule has 43 heavy (non-hydrogen) atoms. The quantitative estimate of drug-likeness (QED) is 0.342. The van der Waals surface area contributed by atoms with Gasteiger partial charge in [0.2, 0.25) is 9.84 Å². The topological polar surface area (TPSA) is 83.0 Å². The van der Waals surface area contributed by atoms with Crippen molar-refractivity contribution in [3.63, 3.8) is 0 Å². The zero-order valence-corrected chi connectivity index (χ0v) is 27.0. The molecule has 2 aromatic carbocycles. The Morgan fingerprint density at radius 3 is 2.12 bits per heavy atom. The van der Waals surface area contributed by atoms with Crippen LogP contribution >= 0.6 is 0 Å². The van der Waals surface area contributed by atoms with Gasteiger partial charge in [0.25, 0.3) is 0 Å². The third-order valence-electron chi connectivity index (χ3n) is 9.55. The molecule has 3 fully saturated rings. The summed E-state index contributed by atoms with van der Waals surface area (Å²) in [6.45, 7) is 8.76. The van der Waals surface area contributed by atoms with Gasteiger partial charge in [-0.2, -0.15) is 0 Å².